The molecule has 0 bridgehead atoms. The average Bonchev–Trinajstić information content (AvgIpc) is 2.72. The second-order valence-corrected chi connectivity index (χ2v) is 6.43. The fourth-order valence-corrected chi connectivity index (χ4v) is 2.75. The van der Waals surface area contributed by atoms with E-state index in [1.54, 1.807) is 48.5 Å². The van der Waals surface area contributed by atoms with Crippen LogP contribution >= 0.6 is 0 Å². The number of rotatable bonds is 7. The lowest BCUT2D eigenvalue weighted by molar-refractivity contribution is -0.139. The van der Waals surface area contributed by atoms with Gasteiger partial charge in [-0.15, -0.1) is 0 Å². The Bertz CT molecular complexity index is 1090. The zero-order chi connectivity index (χ0) is 22.4. The topological polar surface area (TPSA) is 69.6 Å². The van der Waals surface area contributed by atoms with Crippen molar-refractivity contribution in [2.45, 2.75) is 19.6 Å². The number of hydrogen-bond donors (Lipinski definition) is 1. The first-order valence-corrected chi connectivity index (χ1v) is 9.33. The van der Waals surface area contributed by atoms with Crippen LogP contribution in [0.15, 0.2) is 71.7 Å². The molecule has 9 heteroatoms. The molecule has 3 rings (SSSR count). The molecule has 3 aromatic rings. The highest BCUT2D eigenvalue weighted by atomic mass is 19.4. The van der Waals surface area contributed by atoms with Crippen molar-refractivity contribution < 1.29 is 27.4 Å². The summed E-state index contributed by atoms with van der Waals surface area (Å²) in [6.07, 6.45) is -3.65. The number of alkyl halides is 3. The van der Waals surface area contributed by atoms with Gasteiger partial charge in [0.05, 0.1) is 6.61 Å². The van der Waals surface area contributed by atoms with E-state index in [1.165, 1.54) is 0 Å². The van der Waals surface area contributed by atoms with Gasteiger partial charge < -0.3 is 19.4 Å². The number of hydrogen-bond acceptors (Lipinski definition) is 4. The first kappa shape index (κ1) is 21.9. The maximum Gasteiger partial charge on any atom is 0.421 e. The summed E-state index contributed by atoms with van der Waals surface area (Å²) in [7, 11) is 0. The molecule has 1 aromatic heterocycles. The van der Waals surface area contributed by atoms with Gasteiger partial charge in [-0.3, -0.25) is 9.59 Å². The van der Waals surface area contributed by atoms with Crippen LogP contribution in [0.3, 0.4) is 0 Å². The highest BCUT2D eigenvalue weighted by Crippen LogP contribution is 2.26. The maximum atomic E-state index is 12.8. The molecule has 0 atom stereocenters. The number of halogens is 3. The van der Waals surface area contributed by atoms with Crippen LogP contribution in [-0.4, -0.2) is 17.1 Å². The summed E-state index contributed by atoms with van der Waals surface area (Å²) >= 11 is 0. The highest BCUT2D eigenvalue weighted by molar-refractivity contribution is 5.90. The molecule has 0 aliphatic heterocycles. The van der Waals surface area contributed by atoms with Crippen molar-refractivity contribution in [3.63, 3.8) is 0 Å². The minimum atomic E-state index is -4.78. The van der Waals surface area contributed by atoms with Crippen molar-refractivity contribution in [1.82, 2.24) is 4.57 Å². The summed E-state index contributed by atoms with van der Waals surface area (Å²) in [5.74, 6) is 1.22. The number of ether oxygens (including phenoxy) is 2. The molecule has 31 heavy (non-hydrogen) atoms. The van der Waals surface area contributed by atoms with Crippen molar-refractivity contribution in [2.24, 2.45) is 0 Å². The van der Waals surface area contributed by atoms with E-state index in [4.69, 9.17) is 9.47 Å². The summed E-state index contributed by atoms with van der Waals surface area (Å²) in [6, 6.07) is 15.2. The highest BCUT2D eigenvalue weighted by Gasteiger charge is 2.34. The lowest BCUT2D eigenvalue weighted by Crippen LogP contribution is -2.31. The van der Waals surface area contributed by atoms with Crippen molar-refractivity contribution >= 4 is 11.6 Å². The monoisotopic (exact) mass is 432 g/mol. The van der Waals surface area contributed by atoms with Crippen LogP contribution in [0.5, 0.6) is 17.2 Å². The Hall–Kier alpha value is -3.75. The Morgan fingerprint density at radius 2 is 1.55 bits per heavy atom. The molecular weight excluding hydrogens is 413 g/mol. The lowest BCUT2D eigenvalue weighted by Gasteiger charge is -2.11. The van der Waals surface area contributed by atoms with Gasteiger partial charge in [-0.2, -0.15) is 13.2 Å². The number of aromatic nitrogens is 1. The molecule has 6 nitrogen and oxygen atoms in total. The molecule has 1 heterocycles. The van der Waals surface area contributed by atoms with Gasteiger partial charge in [0.25, 0.3) is 5.56 Å². The van der Waals surface area contributed by atoms with Crippen LogP contribution in [-0.2, 0) is 17.5 Å². The Morgan fingerprint density at radius 3 is 2.13 bits per heavy atom. The second kappa shape index (κ2) is 9.38. The van der Waals surface area contributed by atoms with Gasteiger partial charge in [0.15, 0.2) is 0 Å². The summed E-state index contributed by atoms with van der Waals surface area (Å²) in [5, 5.41) is 2.54. The zero-order valence-corrected chi connectivity index (χ0v) is 16.5. The molecule has 0 unspecified atom stereocenters. The first-order chi connectivity index (χ1) is 14.8. The molecule has 0 radical (unpaired) electrons. The molecular formula is C22H19F3N2O4. The first-order valence-electron chi connectivity index (χ1n) is 9.33. The van der Waals surface area contributed by atoms with Crippen LogP contribution in [0.25, 0.3) is 0 Å². The normalized spacial score (nSPS) is 11.1. The standard InChI is InChI=1S/C22H19F3N2O4/c1-2-30-16-9-11-18(12-10-16)31-17-7-5-15(6-8-17)26-20(28)14-27-13-3-4-19(21(27)29)22(23,24)25/h3-13H,2,14H2,1H3,(H,26,28). The molecule has 0 aliphatic carbocycles. The van der Waals surface area contributed by atoms with E-state index in [2.05, 4.69) is 5.32 Å². The maximum absolute atomic E-state index is 12.8. The Balaban J connectivity index is 1.61. The fraction of sp³-hybridized carbons (Fsp3) is 0.182. The number of nitrogens with one attached hydrogen (secondary N) is 1. The molecule has 0 saturated carbocycles. The molecule has 2 aromatic carbocycles. The Labute approximate surface area is 175 Å². The van der Waals surface area contributed by atoms with Gasteiger partial charge >= 0.3 is 6.18 Å². The van der Waals surface area contributed by atoms with Gasteiger partial charge in [0.1, 0.15) is 29.4 Å². The van der Waals surface area contributed by atoms with E-state index in [1.807, 2.05) is 6.92 Å². The third kappa shape index (κ3) is 5.88. The summed E-state index contributed by atoms with van der Waals surface area (Å²) < 4.78 is 50.3. The van der Waals surface area contributed by atoms with Gasteiger partial charge in [-0.25, -0.2) is 0 Å². The van der Waals surface area contributed by atoms with E-state index >= 15 is 0 Å². The van der Waals surface area contributed by atoms with Crippen LogP contribution < -0.4 is 20.3 Å². The van der Waals surface area contributed by atoms with Gasteiger partial charge in [-0.05, 0) is 67.6 Å². The van der Waals surface area contributed by atoms with Crippen LogP contribution in [0, 0.1) is 0 Å². The predicted octanol–water partition coefficient (Wildman–Crippen LogP) is 4.70. The van der Waals surface area contributed by atoms with Crippen molar-refractivity contribution in [3.8, 4) is 17.2 Å². The molecule has 0 spiro atoms. The van der Waals surface area contributed by atoms with E-state index in [0.717, 1.165) is 18.0 Å². The van der Waals surface area contributed by atoms with Gasteiger partial charge in [-0.1, -0.05) is 0 Å². The predicted molar refractivity (Wildman–Crippen MR) is 108 cm³/mol. The number of pyridine rings is 1. The molecule has 1 amide bonds. The van der Waals surface area contributed by atoms with E-state index < -0.39 is 29.8 Å². The van der Waals surface area contributed by atoms with Gasteiger partial charge in [0.2, 0.25) is 5.91 Å². The van der Waals surface area contributed by atoms with Crippen LogP contribution in [0.1, 0.15) is 12.5 Å². The van der Waals surface area contributed by atoms with E-state index in [0.29, 0.717) is 34.4 Å². The number of carbonyl (C=O) groups is 1. The summed E-state index contributed by atoms with van der Waals surface area (Å²) in [5.41, 5.74) is -2.19. The zero-order valence-electron chi connectivity index (χ0n) is 16.5. The number of nitrogens with zero attached hydrogens (tertiary/aromatic N) is 1. The molecule has 162 valence electrons. The molecule has 1 N–H and O–H groups in total. The number of benzene rings is 2. The number of anilines is 1. The molecule has 0 saturated heterocycles. The smallest absolute Gasteiger partial charge is 0.421 e. The van der Waals surface area contributed by atoms with Crippen LogP contribution in [0.2, 0.25) is 0 Å². The van der Waals surface area contributed by atoms with E-state index in [-0.39, 0.29) is 0 Å². The number of amides is 1. The molecule has 0 fully saturated rings. The van der Waals surface area contributed by atoms with Crippen molar-refractivity contribution in [1.29, 1.82) is 0 Å². The SMILES string of the molecule is CCOc1ccc(Oc2ccc(NC(=O)Cn3cccc(C(F)(F)F)c3=O)cc2)cc1. The largest absolute Gasteiger partial charge is 0.494 e. The summed E-state index contributed by atoms with van der Waals surface area (Å²) in [6.45, 7) is 1.91. The second-order valence-electron chi connectivity index (χ2n) is 6.43. The Kier molecular flexibility index (Phi) is 6.64. The average molecular weight is 432 g/mol. The van der Waals surface area contributed by atoms with Crippen molar-refractivity contribution in [3.05, 3.63) is 82.8 Å². The van der Waals surface area contributed by atoms with Crippen molar-refractivity contribution in [2.75, 3.05) is 11.9 Å². The number of carbonyl (C=O) groups excluding carboxylic acids is 1. The lowest BCUT2D eigenvalue weighted by atomic mass is 10.2. The quantitative estimate of drug-likeness (QED) is 0.588. The fourth-order valence-electron chi connectivity index (χ4n) is 2.75. The van der Waals surface area contributed by atoms with Gasteiger partial charge in [0, 0.05) is 11.9 Å². The third-order valence-corrected chi connectivity index (χ3v) is 4.15. The minimum absolute atomic E-state index is 0.407. The van der Waals surface area contributed by atoms with E-state index in [9.17, 15) is 22.8 Å². The molecule has 0 aliphatic rings. The van der Waals surface area contributed by atoms with Crippen LogP contribution in [0.4, 0.5) is 18.9 Å². The summed E-state index contributed by atoms with van der Waals surface area (Å²) in [4.78, 5) is 24.1. The third-order valence-electron chi connectivity index (χ3n) is 4.15. The Morgan fingerprint density at radius 1 is 0.968 bits per heavy atom. The minimum Gasteiger partial charge on any atom is -0.494 e.